The van der Waals surface area contributed by atoms with Gasteiger partial charge in [0.1, 0.15) is 5.76 Å². The first-order chi connectivity index (χ1) is 7.72. The van der Waals surface area contributed by atoms with Gasteiger partial charge in [0.25, 0.3) is 0 Å². The molecule has 16 heavy (non-hydrogen) atoms. The molecule has 1 heterocycles. The smallest absolute Gasteiger partial charge is 0.122 e. The van der Waals surface area contributed by atoms with E-state index in [1.807, 2.05) is 12.1 Å². The Balaban J connectivity index is 2.08. The summed E-state index contributed by atoms with van der Waals surface area (Å²) in [5, 5.41) is 0. The molecule has 1 aliphatic carbocycles. The molecule has 1 unspecified atom stereocenters. The molecule has 1 fully saturated rings. The van der Waals surface area contributed by atoms with Gasteiger partial charge in [-0.2, -0.15) is 0 Å². The summed E-state index contributed by atoms with van der Waals surface area (Å²) in [6.45, 7) is 6.24. The highest BCUT2D eigenvalue weighted by Gasteiger charge is 2.30. The van der Waals surface area contributed by atoms with E-state index < -0.39 is 0 Å². The lowest BCUT2D eigenvalue weighted by atomic mass is 10.1. The number of hydrogen-bond acceptors (Lipinski definition) is 3. The third-order valence-electron chi connectivity index (χ3n) is 3.32. The summed E-state index contributed by atoms with van der Waals surface area (Å²) in [5.41, 5.74) is 5.90. The van der Waals surface area contributed by atoms with Crippen LogP contribution >= 0.6 is 0 Å². The average Bonchev–Trinajstić information content (AvgIpc) is 2.91. The molecule has 0 bridgehead atoms. The van der Waals surface area contributed by atoms with E-state index >= 15 is 0 Å². The second-order valence-corrected chi connectivity index (χ2v) is 5.00. The van der Waals surface area contributed by atoms with Crippen molar-refractivity contribution < 1.29 is 4.42 Å². The van der Waals surface area contributed by atoms with Gasteiger partial charge in [-0.3, -0.25) is 4.90 Å². The maximum atomic E-state index is 5.90. The van der Waals surface area contributed by atoms with Gasteiger partial charge < -0.3 is 10.2 Å². The normalized spacial score (nSPS) is 18.3. The molecular formula is C13H22N2O. The fourth-order valence-electron chi connectivity index (χ4n) is 2.19. The standard InChI is InChI=1S/C13H22N2O/c1-10(2)15(9-11-5-6-11)12(8-14)13-4-3-7-16-13/h3-4,7,10-12H,5-6,8-9,14H2,1-2H3. The zero-order valence-corrected chi connectivity index (χ0v) is 10.2. The highest BCUT2D eigenvalue weighted by molar-refractivity contribution is 5.06. The van der Waals surface area contributed by atoms with Crippen LogP contribution in [0.2, 0.25) is 0 Å². The maximum absolute atomic E-state index is 5.90. The van der Waals surface area contributed by atoms with Gasteiger partial charge in [-0.1, -0.05) is 0 Å². The highest BCUT2D eigenvalue weighted by Crippen LogP contribution is 2.33. The summed E-state index contributed by atoms with van der Waals surface area (Å²) in [6.07, 6.45) is 4.48. The van der Waals surface area contributed by atoms with Crippen LogP contribution in [0, 0.1) is 5.92 Å². The van der Waals surface area contributed by atoms with Crippen LogP contribution in [0.3, 0.4) is 0 Å². The summed E-state index contributed by atoms with van der Waals surface area (Å²) in [4.78, 5) is 2.47. The molecule has 3 nitrogen and oxygen atoms in total. The lowest BCUT2D eigenvalue weighted by molar-refractivity contribution is 0.133. The van der Waals surface area contributed by atoms with E-state index in [1.165, 1.54) is 12.8 Å². The Hall–Kier alpha value is -0.800. The first-order valence-corrected chi connectivity index (χ1v) is 6.21. The summed E-state index contributed by atoms with van der Waals surface area (Å²) < 4.78 is 5.50. The summed E-state index contributed by atoms with van der Waals surface area (Å²) >= 11 is 0. The van der Waals surface area contributed by atoms with E-state index in [9.17, 15) is 0 Å². The number of rotatable bonds is 6. The summed E-state index contributed by atoms with van der Waals surface area (Å²) in [5.74, 6) is 1.88. The van der Waals surface area contributed by atoms with Crippen LogP contribution in [0.25, 0.3) is 0 Å². The third-order valence-corrected chi connectivity index (χ3v) is 3.32. The SMILES string of the molecule is CC(C)N(CC1CC1)C(CN)c1ccco1. The molecule has 90 valence electrons. The Morgan fingerprint density at radius 1 is 1.50 bits per heavy atom. The predicted octanol–water partition coefficient (Wildman–Crippen LogP) is 2.40. The van der Waals surface area contributed by atoms with Gasteiger partial charge in [0.05, 0.1) is 12.3 Å². The topological polar surface area (TPSA) is 42.4 Å². The van der Waals surface area contributed by atoms with E-state index in [1.54, 1.807) is 6.26 Å². The van der Waals surface area contributed by atoms with Crippen molar-refractivity contribution in [3.8, 4) is 0 Å². The lowest BCUT2D eigenvalue weighted by Gasteiger charge is -2.33. The van der Waals surface area contributed by atoms with Crippen LogP contribution in [0.5, 0.6) is 0 Å². The van der Waals surface area contributed by atoms with Gasteiger partial charge in [-0.25, -0.2) is 0 Å². The maximum Gasteiger partial charge on any atom is 0.122 e. The number of nitrogens with zero attached hydrogens (tertiary/aromatic N) is 1. The van der Waals surface area contributed by atoms with Gasteiger partial charge in [0.2, 0.25) is 0 Å². The average molecular weight is 222 g/mol. The molecule has 1 aromatic heterocycles. The third kappa shape index (κ3) is 2.66. The van der Waals surface area contributed by atoms with Crippen LogP contribution in [0.1, 0.15) is 38.5 Å². The monoisotopic (exact) mass is 222 g/mol. The molecule has 1 aromatic rings. The number of hydrogen-bond donors (Lipinski definition) is 1. The van der Waals surface area contributed by atoms with E-state index in [0.29, 0.717) is 12.6 Å². The summed E-state index contributed by atoms with van der Waals surface area (Å²) in [7, 11) is 0. The van der Waals surface area contributed by atoms with Gasteiger partial charge in [-0.15, -0.1) is 0 Å². The highest BCUT2D eigenvalue weighted by atomic mass is 16.3. The van der Waals surface area contributed by atoms with Crippen molar-refractivity contribution >= 4 is 0 Å². The van der Waals surface area contributed by atoms with Crippen LogP contribution in [0.4, 0.5) is 0 Å². The Labute approximate surface area is 97.6 Å². The van der Waals surface area contributed by atoms with Crippen LogP contribution in [0.15, 0.2) is 22.8 Å². The minimum absolute atomic E-state index is 0.232. The van der Waals surface area contributed by atoms with E-state index in [2.05, 4.69) is 18.7 Å². The number of nitrogens with two attached hydrogens (primary N) is 1. The molecule has 1 atom stereocenters. The van der Waals surface area contributed by atoms with Gasteiger partial charge >= 0.3 is 0 Å². The molecular weight excluding hydrogens is 200 g/mol. The van der Waals surface area contributed by atoms with Gasteiger partial charge in [0, 0.05) is 19.1 Å². The van der Waals surface area contributed by atoms with Crippen LogP contribution in [-0.4, -0.2) is 24.0 Å². The molecule has 2 rings (SSSR count). The molecule has 0 amide bonds. The first-order valence-electron chi connectivity index (χ1n) is 6.21. The molecule has 1 saturated carbocycles. The molecule has 0 spiro atoms. The second kappa shape index (κ2) is 5.02. The molecule has 2 N–H and O–H groups in total. The molecule has 0 saturated heterocycles. The van der Waals surface area contributed by atoms with Crippen LogP contribution < -0.4 is 5.73 Å². The fourth-order valence-corrected chi connectivity index (χ4v) is 2.19. The first kappa shape index (κ1) is 11.7. The minimum Gasteiger partial charge on any atom is -0.468 e. The summed E-state index contributed by atoms with van der Waals surface area (Å²) in [6, 6.07) is 4.71. The van der Waals surface area contributed by atoms with E-state index in [-0.39, 0.29) is 6.04 Å². The second-order valence-electron chi connectivity index (χ2n) is 5.00. The van der Waals surface area contributed by atoms with Gasteiger partial charge in [-0.05, 0) is 44.7 Å². The van der Waals surface area contributed by atoms with Crippen molar-refractivity contribution in [3.63, 3.8) is 0 Å². The van der Waals surface area contributed by atoms with Crippen molar-refractivity contribution in [2.24, 2.45) is 11.7 Å². The van der Waals surface area contributed by atoms with Crippen molar-refractivity contribution in [2.75, 3.05) is 13.1 Å². The van der Waals surface area contributed by atoms with E-state index in [0.717, 1.165) is 18.2 Å². The lowest BCUT2D eigenvalue weighted by Crippen LogP contribution is -2.39. The zero-order chi connectivity index (χ0) is 11.5. The molecule has 0 radical (unpaired) electrons. The largest absolute Gasteiger partial charge is 0.468 e. The molecule has 0 aliphatic heterocycles. The van der Waals surface area contributed by atoms with Crippen LogP contribution in [-0.2, 0) is 0 Å². The Kier molecular flexibility index (Phi) is 3.66. The van der Waals surface area contributed by atoms with Crippen molar-refractivity contribution in [1.82, 2.24) is 4.90 Å². The Bertz CT molecular complexity index is 304. The van der Waals surface area contributed by atoms with E-state index in [4.69, 9.17) is 10.2 Å². The quantitative estimate of drug-likeness (QED) is 0.803. The zero-order valence-electron chi connectivity index (χ0n) is 10.2. The van der Waals surface area contributed by atoms with Crippen molar-refractivity contribution in [1.29, 1.82) is 0 Å². The van der Waals surface area contributed by atoms with Crippen molar-refractivity contribution in [3.05, 3.63) is 24.2 Å². The van der Waals surface area contributed by atoms with Gasteiger partial charge in [0.15, 0.2) is 0 Å². The number of furan rings is 1. The minimum atomic E-state index is 0.232. The molecule has 1 aliphatic rings. The fraction of sp³-hybridized carbons (Fsp3) is 0.692. The Morgan fingerprint density at radius 3 is 2.69 bits per heavy atom. The molecule has 0 aromatic carbocycles. The van der Waals surface area contributed by atoms with Crippen molar-refractivity contribution in [2.45, 2.75) is 38.8 Å². The molecule has 3 heteroatoms. The Morgan fingerprint density at radius 2 is 2.25 bits per heavy atom. The predicted molar refractivity (Wildman–Crippen MR) is 65.1 cm³/mol.